The molecule has 8 heteroatoms. The van der Waals surface area contributed by atoms with Gasteiger partial charge in [-0.15, -0.1) is 10.5 Å². The van der Waals surface area contributed by atoms with Gasteiger partial charge >= 0.3 is 0 Å². The highest BCUT2D eigenvalue weighted by molar-refractivity contribution is 6.38. The zero-order valence-corrected chi connectivity index (χ0v) is 14.3. The highest BCUT2D eigenvalue weighted by Gasteiger charge is 2.13. The van der Waals surface area contributed by atoms with E-state index in [0.717, 1.165) is 11.1 Å². The number of rotatable bonds is 4. The van der Waals surface area contributed by atoms with Gasteiger partial charge in [-0.3, -0.25) is 0 Å². The molecule has 0 N–H and O–H groups in total. The maximum absolute atomic E-state index is 8.55. The summed E-state index contributed by atoms with van der Waals surface area (Å²) in [4.78, 5) is 0. The Morgan fingerprint density at radius 1 is 0.696 bits per heavy atom. The van der Waals surface area contributed by atoms with Crippen LogP contribution in [0.4, 0.5) is 0 Å². The van der Waals surface area contributed by atoms with Crippen LogP contribution < -0.4 is 9.47 Å². The molecule has 0 aliphatic rings. The molecule has 0 saturated carbocycles. The van der Waals surface area contributed by atoms with Crippen molar-refractivity contribution < 1.29 is 9.47 Å². The third-order valence-electron chi connectivity index (χ3n) is 2.82. The van der Waals surface area contributed by atoms with Crippen LogP contribution in [0.5, 0.6) is 11.5 Å². The van der Waals surface area contributed by atoms with Gasteiger partial charge in [0.15, 0.2) is 11.5 Å². The largest absolute Gasteiger partial charge is 0.385 e. The second kappa shape index (κ2) is 7.64. The Bertz CT molecular complexity index is 725. The van der Waals surface area contributed by atoms with Crippen molar-refractivity contribution in [2.75, 3.05) is 0 Å². The molecule has 0 radical (unpaired) electrons. The lowest BCUT2D eigenvalue weighted by Crippen LogP contribution is -1.93. The lowest BCUT2D eigenvalue weighted by molar-refractivity contribution is 0.507. The highest BCUT2D eigenvalue weighted by atomic mass is 35.5. The fraction of sp³-hybridized carbons (Fsp3) is 0.0667. The normalized spacial score (nSPS) is 9.83. The summed E-state index contributed by atoms with van der Waals surface area (Å²) in [7, 11) is 0. The van der Waals surface area contributed by atoms with Crippen molar-refractivity contribution in [3.05, 3.63) is 55.5 Å². The Kier molecular flexibility index (Phi) is 5.82. The number of nitriles is 2. The van der Waals surface area contributed by atoms with Gasteiger partial charge in [-0.05, 0) is 41.8 Å². The van der Waals surface area contributed by atoms with Crippen LogP contribution >= 0.6 is 46.4 Å². The summed E-state index contributed by atoms with van der Waals surface area (Å²) in [6, 6.07) is 6.51. The van der Waals surface area contributed by atoms with Crippen molar-refractivity contribution in [2.45, 2.75) is 6.42 Å². The average Bonchev–Trinajstić information content (AvgIpc) is 2.47. The van der Waals surface area contributed by atoms with Crippen LogP contribution in [-0.4, -0.2) is 0 Å². The molecule has 0 spiro atoms. The van der Waals surface area contributed by atoms with Crippen LogP contribution in [0.15, 0.2) is 24.3 Å². The van der Waals surface area contributed by atoms with E-state index in [2.05, 4.69) is 0 Å². The van der Waals surface area contributed by atoms with E-state index >= 15 is 0 Å². The second-order valence-corrected chi connectivity index (χ2v) is 5.97. The highest BCUT2D eigenvalue weighted by Crippen LogP contribution is 2.37. The van der Waals surface area contributed by atoms with E-state index in [4.69, 9.17) is 66.4 Å². The number of nitrogens with zero attached hydrogens (tertiary/aromatic N) is 2. The molecular formula is C15H6Cl4N2O2. The molecule has 0 aliphatic carbocycles. The maximum atomic E-state index is 8.55. The summed E-state index contributed by atoms with van der Waals surface area (Å²) >= 11 is 24.2. The number of hydrogen-bond acceptors (Lipinski definition) is 4. The molecule has 0 amide bonds. The third kappa shape index (κ3) is 4.13. The molecule has 0 heterocycles. The molecule has 2 aromatic rings. The Balaban J connectivity index is 2.34. The third-order valence-corrected chi connectivity index (χ3v) is 3.94. The van der Waals surface area contributed by atoms with E-state index in [1.54, 1.807) is 24.3 Å². The van der Waals surface area contributed by atoms with Crippen LogP contribution in [0.1, 0.15) is 11.1 Å². The van der Waals surface area contributed by atoms with Gasteiger partial charge in [-0.1, -0.05) is 46.4 Å². The van der Waals surface area contributed by atoms with Gasteiger partial charge in [-0.25, -0.2) is 0 Å². The fourth-order valence-electron chi connectivity index (χ4n) is 1.95. The van der Waals surface area contributed by atoms with E-state index in [-0.39, 0.29) is 31.6 Å². The standard InChI is InChI=1S/C15H6Cl4N2O2/c16-10-2-8(3-11(17)14(10)22-6-20)1-9-4-12(18)15(23-7-21)13(19)5-9/h2-5H,1H2. The minimum atomic E-state index is 0.105. The lowest BCUT2D eigenvalue weighted by atomic mass is 10.0. The zero-order chi connectivity index (χ0) is 17.0. The fourth-order valence-corrected chi connectivity index (χ4v) is 3.17. The number of ether oxygens (including phenoxy) is 2. The minimum absolute atomic E-state index is 0.105. The zero-order valence-electron chi connectivity index (χ0n) is 11.2. The number of hydrogen-bond donors (Lipinski definition) is 0. The molecule has 0 fully saturated rings. The molecule has 2 rings (SSSR count). The summed E-state index contributed by atoms with van der Waals surface area (Å²) in [6.07, 6.45) is 3.48. The van der Waals surface area contributed by atoms with E-state index < -0.39 is 0 Å². The Hall–Kier alpha value is -1.82. The molecule has 116 valence electrons. The monoisotopic (exact) mass is 386 g/mol. The van der Waals surface area contributed by atoms with Crippen LogP contribution in [0.25, 0.3) is 0 Å². The molecule has 0 atom stereocenters. The molecular weight excluding hydrogens is 382 g/mol. The van der Waals surface area contributed by atoms with Crippen molar-refractivity contribution >= 4 is 46.4 Å². The van der Waals surface area contributed by atoms with Crippen LogP contribution in [0, 0.1) is 23.0 Å². The van der Waals surface area contributed by atoms with Crippen molar-refractivity contribution in [2.24, 2.45) is 0 Å². The summed E-state index contributed by atoms with van der Waals surface area (Å²) < 4.78 is 9.41. The molecule has 0 saturated heterocycles. The second-order valence-electron chi connectivity index (χ2n) is 4.34. The van der Waals surface area contributed by atoms with Gasteiger partial charge in [0, 0.05) is 0 Å². The van der Waals surface area contributed by atoms with Crippen molar-refractivity contribution in [3.8, 4) is 24.0 Å². The Morgan fingerprint density at radius 3 is 1.26 bits per heavy atom. The van der Waals surface area contributed by atoms with Crippen molar-refractivity contribution in [1.29, 1.82) is 10.5 Å². The lowest BCUT2D eigenvalue weighted by Gasteiger charge is -2.09. The Labute approximate surface area is 152 Å². The Morgan fingerprint density at radius 2 is 1.00 bits per heavy atom. The van der Waals surface area contributed by atoms with Crippen LogP contribution in [0.2, 0.25) is 20.1 Å². The van der Waals surface area contributed by atoms with E-state index in [1.807, 2.05) is 0 Å². The van der Waals surface area contributed by atoms with Crippen LogP contribution in [0.3, 0.4) is 0 Å². The minimum Gasteiger partial charge on any atom is -0.385 e. The van der Waals surface area contributed by atoms with Gasteiger partial charge in [0.2, 0.25) is 0 Å². The molecule has 2 aromatic carbocycles. The van der Waals surface area contributed by atoms with Gasteiger partial charge in [0.05, 0.1) is 20.1 Å². The summed E-state index contributed by atoms with van der Waals surface area (Å²) in [5.41, 5.74) is 1.54. The maximum Gasteiger partial charge on any atom is 0.292 e. The first kappa shape index (κ1) is 17.5. The van der Waals surface area contributed by atoms with Gasteiger partial charge in [0.25, 0.3) is 12.5 Å². The summed E-state index contributed by atoms with van der Waals surface area (Å²) in [5, 5.41) is 18.0. The number of halogens is 4. The predicted octanol–water partition coefficient (Wildman–Crippen LogP) is 5.61. The molecule has 0 aliphatic heterocycles. The SMILES string of the molecule is N#COc1c(Cl)cc(Cc2cc(Cl)c(OC#N)c(Cl)c2)cc1Cl. The van der Waals surface area contributed by atoms with Crippen molar-refractivity contribution in [1.82, 2.24) is 0 Å². The quantitative estimate of drug-likeness (QED) is 0.639. The van der Waals surface area contributed by atoms with E-state index in [0.29, 0.717) is 6.42 Å². The van der Waals surface area contributed by atoms with Gasteiger partial charge < -0.3 is 9.47 Å². The van der Waals surface area contributed by atoms with Gasteiger partial charge in [-0.2, -0.15) is 0 Å². The van der Waals surface area contributed by atoms with E-state index in [9.17, 15) is 0 Å². The summed E-state index contributed by atoms with van der Waals surface area (Å²) in [5.74, 6) is 0.210. The average molecular weight is 388 g/mol. The molecule has 23 heavy (non-hydrogen) atoms. The molecule has 4 nitrogen and oxygen atoms in total. The van der Waals surface area contributed by atoms with Gasteiger partial charge in [0.1, 0.15) is 0 Å². The first-order valence-electron chi connectivity index (χ1n) is 6.04. The molecule has 0 unspecified atom stereocenters. The molecule has 0 aromatic heterocycles. The molecule has 0 bridgehead atoms. The van der Waals surface area contributed by atoms with Crippen LogP contribution in [-0.2, 0) is 6.42 Å². The summed E-state index contributed by atoms with van der Waals surface area (Å²) in [6.45, 7) is 0. The topological polar surface area (TPSA) is 66.0 Å². The first-order valence-corrected chi connectivity index (χ1v) is 7.55. The predicted molar refractivity (Wildman–Crippen MR) is 88.2 cm³/mol. The van der Waals surface area contributed by atoms with E-state index in [1.165, 1.54) is 12.5 Å². The smallest absolute Gasteiger partial charge is 0.292 e. The first-order chi connectivity index (χ1) is 11.0. The number of benzene rings is 2. The van der Waals surface area contributed by atoms with Crippen molar-refractivity contribution in [3.63, 3.8) is 0 Å².